The van der Waals surface area contributed by atoms with Gasteiger partial charge in [0, 0.05) is 16.8 Å². The molecule has 192 valence electrons. The molecule has 0 aromatic heterocycles. The Morgan fingerprint density at radius 1 is 1.03 bits per heavy atom. The van der Waals surface area contributed by atoms with Gasteiger partial charge < -0.3 is 14.6 Å². The van der Waals surface area contributed by atoms with Gasteiger partial charge in [-0.2, -0.15) is 0 Å². The third kappa shape index (κ3) is 4.55. The first kappa shape index (κ1) is 26.2. The molecule has 0 aliphatic carbocycles. The lowest BCUT2D eigenvalue weighted by Gasteiger charge is -2.26. The molecule has 1 fully saturated rings. The van der Waals surface area contributed by atoms with E-state index in [4.69, 9.17) is 21.1 Å². The van der Waals surface area contributed by atoms with Crippen LogP contribution in [0, 0.1) is 12.7 Å². The number of rotatable bonds is 6. The molecule has 1 unspecified atom stereocenters. The Labute approximate surface area is 219 Å². The molecule has 8 heteroatoms. The molecule has 6 nitrogen and oxygen atoms in total. The highest BCUT2D eigenvalue weighted by Crippen LogP contribution is 2.45. The van der Waals surface area contributed by atoms with Crippen LogP contribution in [0.4, 0.5) is 10.1 Å². The van der Waals surface area contributed by atoms with Crippen LogP contribution in [0.15, 0.2) is 60.2 Å². The van der Waals surface area contributed by atoms with Crippen molar-refractivity contribution in [3.05, 3.63) is 93.3 Å². The highest BCUT2D eigenvalue weighted by molar-refractivity contribution is 6.52. The molecule has 3 aromatic carbocycles. The molecule has 4 rings (SSSR count). The normalized spacial score (nSPS) is 17.0. The van der Waals surface area contributed by atoms with E-state index in [0.717, 1.165) is 10.5 Å². The molecule has 1 amide bonds. The van der Waals surface area contributed by atoms with Gasteiger partial charge in [0.1, 0.15) is 23.1 Å². The Morgan fingerprint density at radius 2 is 1.70 bits per heavy atom. The van der Waals surface area contributed by atoms with Crippen LogP contribution >= 0.6 is 11.6 Å². The van der Waals surface area contributed by atoms with Gasteiger partial charge in [-0.25, -0.2) is 4.39 Å². The van der Waals surface area contributed by atoms with Gasteiger partial charge in [-0.1, -0.05) is 43.6 Å². The van der Waals surface area contributed by atoms with E-state index in [1.54, 1.807) is 44.4 Å². The first-order valence-electron chi connectivity index (χ1n) is 11.7. The van der Waals surface area contributed by atoms with Crippen LogP contribution in [0.5, 0.6) is 11.5 Å². The molecule has 0 spiro atoms. The summed E-state index contributed by atoms with van der Waals surface area (Å²) in [5.41, 5.74) is 1.90. The standard InChI is InChI=1S/C29H27ClFNO5/c1-15(2)19-14-20(16(3)12-24(19)37-5)27(33)25-26(18-8-6-7-9-22(18)31)32(29(35)28(25)34)17-10-11-23(36-4)21(30)13-17/h6-15,26,33H,1-5H3/b27-25+. The van der Waals surface area contributed by atoms with E-state index in [1.165, 1.54) is 31.4 Å². The van der Waals surface area contributed by atoms with Crippen LogP contribution in [0.25, 0.3) is 5.76 Å². The predicted octanol–water partition coefficient (Wildman–Crippen LogP) is 6.55. The summed E-state index contributed by atoms with van der Waals surface area (Å²) in [6.45, 7) is 5.71. The van der Waals surface area contributed by atoms with Crippen molar-refractivity contribution in [2.24, 2.45) is 0 Å². The Kier molecular flexibility index (Phi) is 7.28. The number of Topliss-reactive ketones (excluding diaryl/α,β-unsaturated/α-hetero) is 1. The fourth-order valence-corrected chi connectivity index (χ4v) is 4.87. The molecule has 37 heavy (non-hydrogen) atoms. The maximum absolute atomic E-state index is 15.2. The second-order valence-corrected chi connectivity index (χ2v) is 9.48. The first-order chi connectivity index (χ1) is 17.6. The summed E-state index contributed by atoms with van der Waals surface area (Å²) in [6.07, 6.45) is 0. The van der Waals surface area contributed by atoms with Crippen LogP contribution in [0.1, 0.15) is 48.1 Å². The molecule has 0 saturated carbocycles. The highest BCUT2D eigenvalue weighted by atomic mass is 35.5. The summed E-state index contributed by atoms with van der Waals surface area (Å²) in [5.74, 6) is -1.80. The number of amides is 1. The van der Waals surface area contributed by atoms with E-state index in [-0.39, 0.29) is 27.8 Å². The van der Waals surface area contributed by atoms with Crippen LogP contribution in [0.2, 0.25) is 5.02 Å². The number of ether oxygens (including phenoxy) is 2. The molecule has 1 N–H and O–H groups in total. The van der Waals surface area contributed by atoms with Crippen LogP contribution < -0.4 is 14.4 Å². The summed E-state index contributed by atoms with van der Waals surface area (Å²) in [5, 5.41) is 11.8. The van der Waals surface area contributed by atoms with E-state index in [2.05, 4.69) is 0 Å². The van der Waals surface area contributed by atoms with Crippen molar-refractivity contribution in [3.8, 4) is 11.5 Å². The molecule has 1 aliphatic rings. The zero-order valence-electron chi connectivity index (χ0n) is 21.1. The molecule has 1 aliphatic heterocycles. The lowest BCUT2D eigenvalue weighted by atomic mass is 9.91. The Bertz CT molecular complexity index is 1430. The fourth-order valence-electron chi connectivity index (χ4n) is 4.62. The van der Waals surface area contributed by atoms with Gasteiger partial charge in [0.2, 0.25) is 0 Å². The van der Waals surface area contributed by atoms with Crippen molar-refractivity contribution in [2.45, 2.75) is 32.7 Å². The van der Waals surface area contributed by atoms with Crippen molar-refractivity contribution >= 4 is 34.7 Å². The van der Waals surface area contributed by atoms with Crippen LogP contribution in [0.3, 0.4) is 0 Å². The molecular weight excluding hydrogens is 497 g/mol. The molecule has 0 radical (unpaired) electrons. The van der Waals surface area contributed by atoms with Crippen molar-refractivity contribution in [1.29, 1.82) is 0 Å². The number of benzene rings is 3. The van der Waals surface area contributed by atoms with E-state index >= 15 is 4.39 Å². The minimum atomic E-state index is -1.23. The Morgan fingerprint density at radius 3 is 2.30 bits per heavy atom. The number of aliphatic hydroxyl groups is 1. The van der Waals surface area contributed by atoms with Gasteiger partial charge in [-0.3, -0.25) is 14.5 Å². The Hall–Kier alpha value is -3.84. The molecule has 3 aromatic rings. The number of anilines is 1. The summed E-state index contributed by atoms with van der Waals surface area (Å²) in [7, 11) is 3.01. The summed E-state index contributed by atoms with van der Waals surface area (Å²) in [4.78, 5) is 28.0. The number of carbonyl (C=O) groups is 2. The molecule has 1 saturated heterocycles. The number of methoxy groups -OCH3 is 2. The average Bonchev–Trinajstić information content (AvgIpc) is 3.13. The van der Waals surface area contributed by atoms with E-state index in [9.17, 15) is 14.7 Å². The third-order valence-electron chi connectivity index (χ3n) is 6.51. The van der Waals surface area contributed by atoms with Gasteiger partial charge >= 0.3 is 0 Å². The lowest BCUT2D eigenvalue weighted by molar-refractivity contribution is -0.132. The second-order valence-electron chi connectivity index (χ2n) is 9.07. The number of nitrogens with zero attached hydrogens (tertiary/aromatic N) is 1. The largest absolute Gasteiger partial charge is 0.507 e. The maximum atomic E-state index is 15.2. The van der Waals surface area contributed by atoms with E-state index in [0.29, 0.717) is 22.6 Å². The zero-order valence-corrected chi connectivity index (χ0v) is 21.9. The topological polar surface area (TPSA) is 76.1 Å². The SMILES string of the molecule is COc1ccc(N2C(=O)C(=O)/C(=C(/O)c3cc(C(C)C)c(OC)cc3C)C2c2ccccc2F)cc1Cl. The first-order valence-corrected chi connectivity index (χ1v) is 12.1. The quantitative estimate of drug-likeness (QED) is 0.225. The van der Waals surface area contributed by atoms with Gasteiger partial charge in [0.15, 0.2) is 0 Å². The maximum Gasteiger partial charge on any atom is 0.300 e. The Balaban J connectivity index is 2.00. The van der Waals surface area contributed by atoms with Crippen molar-refractivity contribution in [3.63, 3.8) is 0 Å². The smallest absolute Gasteiger partial charge is 0.300 e. The molecule has 0 bridgehead atoms. The summed E-state index contributed by atoms with van der Waals surface area (Å²) < 4.78 is 25.9. The van der Waals surface area contributed by atoms with Crippen LogP contribution in [-0.4, -0.2) is 31.0 Å². The lowest BCUT2D eigenvalue weighted by Crippen LogP contribution is -2.29. The van der Waals surface area contributed by atoms with E-state index < -0.39 is 29.3 Å². The molecular formula is C29H27ClFNO5. The number of hydrogen-bond acceptors (Lipinski definition) is 5. The minimum absolute atomic E-state index is 0.0494. The van der Waals surface area contributed by atoms with Crippen molar-refractivity contribution < 1.29 is 28.6 Å². The third-order valence-corrected chi connectivity index (χ3v) is 6.81. The van der Waals surface area contributed by atoms with Gasteiger partial charge in [0.25, 0.3) is 11.7 Å². The summed E-state index contributed by atoms with van der Waals surface area (Å²) in [6, 6.07) is 12.7. The number of halogens is 2. The van der Waals surface area contributed by atoms with Crippen LogP contribution in [-0.2, 0) is 9.59 Å². The highest BCUT2D eigenvalue weighted by Gasteiger charge is 2.48. The second kappa shape index (κ2) is 10.3. The average molecular weight is 524 g/mol. The zero-order chi connectivity index (χ0) is 27.0. The minimum Gasteiger partial charge on any atom is -0.507 e. The predicted molar refractivity (Wildman–Crippen MR) is 141 cm³/mol. The monoisotopic (exact) mass is 523 g/mol. The molecule has 1 atom stereocenters. The van der Waals surface area contributed by atoms with E-state index in [1.807, 2.05) is 13.8 Å². The number of aryl methyl sites for hydroxylation is 1. The fraction of sp³-hybridized carbons (Fsp3) is 0.241. The number of hydrogen-bond donors (Lipinski definition) is 1. The van der Waals surface area contributed by atoms with Crippen molar-refractivity contribution in [1.82, 2.24) is 0 Å². The van der Waals surface area contributed by atoms with Gasteiger partial charge in [0.05, 0.1) is 30.9 Å². The number of aliphatic hydroxyl groups excluding tert-OH is 1. The van der Waals surface area contributed by atoms with Crippen molar-refractivity contribution in [2.75, 3.05) is 19.1 Å². The molecule has 1 heterocycles. The number of carbonyl (C=O) groups excluding carboxylic acids is 2. The number of ketones is 1. The van der Waals surface area contributed by atoms with Gasteiger partial charge in [-0.15, -0.1) is 0 Å². The summed E-state index contributed by atoms with van der Waals surface area (Å²) >= 11 is 6.31. The van der Waals surface area contributed by atoms with Gasteiger partial charge in [-0.05, 0) is 60.4 Å².